The van der Waals surface area contributed by atoms with E-state index in [0.717, 1.165) is 25.1 Å². The third kappa shape index (κ3) is 4.71. The first kappa shape index (κ1) is 24.0. The summed E-state index contributed by atoms with van der Waals surface area (Å²) in [5.41, 5.74) is 2.36. The molecule has 0 radical (unpaired) electrons. The number of rotatable bonds is 5. The molecule has 2 N–H and O–H groups in total. The molecule has 3 heterocycles. The molecule has 0 spiro atoms. The van der Waals surface area contributed by atoms with Gasteiger partial charge in [-0.2, -0.15) is 0 Å². The zero-order chi connectivity index (χ0) is 25.2. The Morgan fingerprint density at radius 3 is 2.59 bits per heavy atom. The molecule has 2 fully saturated rings. The van der Waals surface area contributed by atoms with Gasteiger partial charge in [0, 0.05) is 48.9 Å². The molecule has 2 amide bonds. The van der Waals surface area contributed by atoms with E-state index in [9.17, 15) is 9.59 Å². The first-order valence-corrected chi connectivity index (χ1v) is 13.6. The fraction of sp³-hybridized carbons (Fsp3) is 0.419. The van der Waals surface area contributed by atoms with Gasteiger partial charge in [-0.3, -0.25) is 9.59 Å². The maximum Gasteiger partial charge on any atom is 0.251 e. The number of carbonyl (C=O) groups is 2. The van der Waals surface area contributed by atoms with Crippen LogP contribution in [0.5, 0.6) is 0 Å². The quantitative estimate of drug-likeness (QED) is 0.618. The molecule has 3 aliphatic heterocycles. The molecule has 4 aliphatic rings. The van der Waals surface area contributed by atoms with Gasteiger partial charge < -0.3 is 20.3 Å². The second-order valence-electron chi connectivity index (χ2n) is 10.8. The van der Waals surface area contributed by atoms with Crippen LogP contribution >= 0.6 is 0 Å². The SMILES string of the molecule is O=C(NC1(CC(=O)N2CC[C@@H]3[C@H](C4C=CC=CC4)Nc4ccccc4[C@@H]32)CCOCC1)c1ccccc1. The normalized spacial score (nSPS) is 27.6. The topological polar surface area (TPSA) is 70.7 Å². The Kier molecular flexibility index (Phi) is 6.59. The van der Waals surface area contributed by atoms with Crippen molar-refractivity contribution in [2.45, 2.75) is 49.7 Å². The summed E-state index contributed by atoms with van der Waals surface area (Å²) in [7, 11) is 0. The molecule has 2 aromatic carbocycles. The number of ether oxygens (including phenoxy) is 1. The van der Waals surface area contributed by atoms with Crippen molar-refractivity contribution in [2.75, 3.05) is 25.1 Å². The second-order valence-corrected chi connectivity index (χ2v) is 10.8. The maximum absolute atomic E-state index is 14.1. The lowest BCUT2D eigenvalue weighted by atomic mass is 9.75. The van der Waals surface area contributed by atoms with Crippen molar-refractivity contribution >= 4 is 17.5 Å². The molecule has 2 saturated heterocycles. The summed E-state index contributed by atoms with van der Waals surface area (Å²) < 4.78 is 5.64. The van der Waals surface area contributed by atoms with E-state index in [1.165, 1.54) is 5.56 Å². The number of likely N-dealkylation sites (tertiary alicyclic amines) is 1. The number of carbonyl (C=O) groups excluding carboxylic acids is 2. The van der Waals surface area contributed by atoms with Crippen molar-refractivity contribution in [2.24, 2.45) is 11.8 Å². The number of nitrogens with zero attached hydrogens (tertiary/aromatic N) is 1. The van der Waals surface area contributed by atoms with Crippen LogP contribution in [0.2, 0.25) is 0 Å². The molecule has 1 aliphatic carbocycles. The number of para-hydroxylation sites is 1. The zero-order valence-corrected chi connectivity index (χ0v) is 21.1. The molecule has 0 aromatic heterocycles. The highest BCUT2D eigenvalue weighted by atomic mass is 16.5. The van der Waals surface area contributed by atoms with Crippen LogP contribution in [0.25, 0.3) is 0 Å². The van der Waals surface area contributed by atoms with Gasteiger partial charge in [0.2, 0.25) is 5.91 Å². The number of hydrogen-bond acceptors (Lipinski definition) is 4. The molecule has 6 nitrogen and oxygen atoms in total. The summed E-state index contributed by atoms with van der Waals surface area (Å²) in [5.74, 6) is 0.758. The molecule has 1 unspecified atom stereocenters. The van der Waals surface area contributed by atoms with Crippen molar-refractivity contribution < 1.29 is 14.3 Å². The van der Waals surface area contributed by atoms with Crippen molar-refractivity contribution in [3.05, 3.63) is 90.0 Å². The smallest absolute Gasteiger partial charge is 0.251 e. The molecule has 0 saturated carbocycles. The number of anilines is 1. The van der Waals surface area contributed by atoms with Crippen LogP contribution in [0, 0.1) is 11.8 Å². The Balaban J connectivity index is 1.26. The molecule has 4 atom stereocenters. The first-order valence-electron chi connectivity index (χ1n) is 13.6. The van der Waals surface area contributed by atoms with Crippen LogP contribution in [-0.2, 0) is 9.53 Å². The predicted molar refractivity (Wildman–Crippen MR) is 144 cm³/mol. The van der Waals surface area contributed by atoms with E-state index in [-0.39, 0.29) is 23.9 Å². The van der Waals surface area contributed by atoms with Gasteiger partial charge in [-0.05, 0) is 49.4 Å². The van der Waals surface area contributed by atoms with Gasteiger partial charge in [0.1, 0.15) is 0 Å². The third-order valence-corrected chi connectivity index (χ3v) is 8.66. The highest BCUT2D eigenvalue weighted by molar-refractivity contribution is 5.95. The monoisotopic (exact) mass is 497 g/mol. The van der Waals surface area contributed by atoms with E-state index >= 15 is 0 Å². The van der Waals surface area contributed by atoms with Gasteiger partial charge in [0.15, 0.2) is 0 Å². The maximum atomic E-state index is 14.1. The molecule has 192 valence electrons. The largest absolute Gasteiger partial charge is 0.381 e. The second kappa shape index (κ2) is 10.2. The molecule has 37 heavy (non-hydrogen) atoms. The minimum Gasteiger partial charge on any atom is -0.381 e. The molecular weight excluding hydrogens is 462 g/mol. The Morgan fingerprint density at radius 1 is 1.03 bits per heavy atom. The molecule has 0 bridgehead atoms. The lowest BCUT2D eigenvalue weighted by Crippen LogP contribution is -2.55. The van der Waals surface area contributed by atoms with E-state index in [0.29, 0.717) is 49.9 Å². The minimum absolute atomic E-state index is 0.0518. The lowest BCUT2D eigenvalue weighted by molar-refractivity contribution is -0.135. The zero-order valence-electron chi connectivity index (χ0n) is 21.1. The number of fused-ring (bicyclic) bond motifs is 3. The first-order chi connectivity index (χ1) is 18.1. The number of allylic oxidation sites excluding steroid dienone is 3. The van der Waals surface area contributed by atoms with Crippen molar-refractivity contribution in [1.82, 2.24) is 10.2 Å². The average Bonchev–Trinajstić information content (AvgIpc) is 3.40. The van der Waals surface area contributed by atoms with Gasteiger partial charge >= 0.3 is 0 Å². The fourth-order valence-electron chi connectivity index (χ4n) is 6.74. The van der Waals surface area contributed by atoms with Crippen LogP contribution in [0.4, 0.5) is 5.69 Å². The van der Waals surface area contributed by atoms with Gasteiger partial charge in [-0.15, -0.1) is 0 Å². The summed E-state index contributed by atoms with van der Waals surface area (Å²) in [6.07, 6.45) is 12.4. The van der Waals surface area contributed by atoms with Gasteiger partial charge in [0.25, 0.3) is 5.91 Å². The summed E-state index contributed by atoms with van der Waals surface area (Å²) in [6.45, 7) is 1.84. The highest BCUT2D eigenvalue weighted by Crippen LogP contribution is 2.49. The number of nitrogens with one attached hydrogen (secondary N) is 2. The van der Waals surface area contributed by atoms with Crippen LogP contribution in [0.3, 0.4) is 0 Å². The Hall–Kier alpha value is -3.38. The van der Waals surface area contributed by atoms with E-state index in [1.54, 1.807) is 0 Å². The predicted octanol–water partition coefficient (Wildman–Crippen LogP) is 4.87. The van der Waals surface area contributed by atoms with E-state index in [1.807, 2.05) is 30.3 Å². The number of benzene rings is 2. The summed E-state index contributed by atoms with van der Waals surface area (Å²) >= 11 is 0. The van der Waals surface area contributed by atoms with Gasteiger partial charge in [-0.1, -0.05) is 60.7 Å². The number of amides is 2. The Labute approximate surface area is 218 Å². The molecule has 6 rings (SSSR count). The summed E-state index contributed by atoms with van der Waals surface area (Å²) in [4.78, 5) is 29.3. The van der Waals surface area contributed by atoms with Crippen LogP contribution < -0.4 is 10.6 Å². The van der Waals surface area contributed by atoms with Gasteiger partial charge in [-0.25, -0.2) is 0 Å². The fourth-order valence-corrected chi connectivity index (χ4v) is 6.74. The van der Waals surface area contributed by atoms with Crippen molar-refractivity contribution in [3.8, 4) is 0 Å². The lowest BCUT2D eigenvalue weighted by Gasteiger charge is -2.44. The average molecular weight is 498 g/mol. The van der Waals surface area contributed by atoms with E-state index in [4.69, 9.17) is 4.74 Å². The molecular formula is C31H35N3O3. The molecule has 6 heteroatoms. The van der Waals surface area contributed by atoms with E-state index < -0.39 is 5.54 Å². The Morgan fingerprint density at radius 2 is 1.81 bits per heavy atom. The summed E-state index contributed by atoms with van der Waals surface area (Å²) in [6, 6.07) is 18.0. The highest BCUT2D eigenvalue weighted by Gasteiger charge is 2.48. The standard InChI is InChI=1S/C31H35N3O3/c35-27(21-31(16-19-37-20-17-31)33-30(36)23-11-5-2-6-12-23)34-18-15-25-28(22-9-3-1-4-10-22)32-26-14-8-7-13-24(26)29(25)34/h1-9,11-14,22,25,28-29,32H,10,15-21H2,(H,33,36)/t22?,25-,28+,29+/m1/s1. The van der Waals surface area contributed by atoms with Crippen molar-refractivity contribution in [3.63, 3.8) is 0 Å². The third-order valence-electron chi connectivity index (χ3n) is 8.66. The molecule has 2 aromatic rings. The van der Waals surface area contributed by atoms with Gasteiger partial charge in [0.05, 0.1) is 18.0 Å². The van der Waals surface area contributed by atoms with Crippen LogP contribution in [0.15, 0.2) is 78.9 Å². The van der Waals surface area contributed by atoms with Crippen LogP contribution in [-0.4, -0.2) is 48.1 Å². The Bertz CT molecular complexity index is 1200. The number of hydrogen-bond donors (Lipinski definition) is 2. The van der Waals surface area contributed by atoms with Crippen molar-refractivity contribution in [1.29, 1.82) is 0 Å². The minimum atomic E-state index is -0.594. The summed E-state index contributed by atoms with van der Waals surface area (Å²) in [5, 5.41) is 7.09. The van der Waals surface area contributed by atoms with Crippen LogP contribution in [0.1, 0.15) is 54.1 Å². The van der Waals surface area contributed by atoms with E-state index in [2.05, 4.69) is 64.1 Å².